The summed E-state index contributed by atoms with van der Waals surface area (Å²) in [5.41, 5.74) is -1.90. The van der Waals surface area contributed by atoms with Crippen LogP contribution in [0.2, 0.25) is 0 Å². The molecule has 0 atom stereocenters. The van der Waals surface area contributed by atoms with Crippen LogP contribution in [0, 0.1) is 0 Å². The Kier molecular flexibility index (Phi) is 4.15. The maximum atomic E-state index is 13.0. The van der Waals surface area contributed by atoms with Gasteiger partial charge in [0.2, 0.25) is 0 Å². The number of alkyl halides is 3. The van der Waals surface area contributed by atoms with Crippen LogP contribution in [0.1, 0.15) is 5.69 Å². The number of aromatic nitrogens is 4. The summed E-state index contributed by atoms with van der Waals surface area (Å²) in [4.78, 5) is 28.9. The van der Waals surface area contributed by atoms with Crippen LogP contribution in [-0.4, -0.2) is 18.5 Å². The predicted molar refractivity (Wildman–Crippen MR) is 98.7 cm³/mol. The molecule has 0 bridgehead atoms. The van der Waals surface area contributed by atoms with Crippen molar-refractivity contribution in [2.75, 3.05) is 0 Å². The smallest absolute Gasteiger partial charge is 0.292 e. The molecule has 0 spiro atoms. The van der Waals surface area contributed by atoms with Crippen molar-refractivity contribution in [2.24, 2.45) is 7.05 Å². The molecule has 3 aromatic heterocycles. The van der Waals surface area contributed by atoms with Crippen LogP contribution in [0.15, 0.2) is 58.4 Å². The zero-order chi connectivity index (χ0) is 20.1. The number of pyridine rings is 1. The molecule has 0 aliphatic heterocycles. The Morgan fingerprint density at radius 1 is 1.11 bits per heavy atom. The molecule has 0 fully saturated rings. The van der Waals surface area contributed by atoms with E-state index in [9.17, 15) is 22.8 Å². The predicted octanol–water partition coefficient (Wildman–Crippen LogP) is 3.23. The first-order valence-electron chi connectivity index (χ1n) is 7.98. The monoisotopic (exact) mass is 404 g/mol. The SMILES string of the molecule is Cn1c(C(F)(F)F)cc(=O)n(-c2ccc3snc(-c4cccnc4)c3c2)c1=O. The maximum absolute atomic E-state index is 13.0. The number of hydrogen-bond donors (Lipinski definition) is 0. The van der Waals surface area contributed by atoms with Crippen molar-refractivity contribution in [2.45, 2.75) is 6.18 Å². The molecule has 0 amide bonds. The van der Waals surface area contributed by atoms with Gasteiger partial charge in [0, 0.05) is 36.5 Å². The van der Waals surface area contributed by atoms with Gasteiger partial charge in [0.15, 0.2) is 0 Å². The molecule has 0 aliphatic carbocycles. The summed E-state index contributed by atoms with van der Waals surface area (Å²) in [5.74, 6) is 0. The lowest BCUT2D eigenvalue weighted by Crippen LogP contribution is -2.40. The second kappa shape index (κ2) is 6.41. The molecule has 1 aromatic carbocycles. The molecule has 3 heterocycles. The summed E-state index contributed by atoms with van der Waals surface area (Å²) in [5, 5.41) is 0.671. The van der Waals surface area contributed by atoms with Gasteiger partial charge >= 0.3 is 11.9 Å². The van der Waals surface area contributed by atoms with Gasteiger partial charge < -0.3 is 0 Å². The molecular weight excluding hydrogens is 393 g/mol. The summed E-state index contributed by atoms with van der Waals surface area (Å²) in [6, 6.07) is 8.73. The zero-order valence-corrected chi connectivity index (χ0v) is 15.1. The van der Waals surface area contributed by atoms with E-state index in [4.69, 9.17) is 0 Å². The van der Waals surface area contributed by atoms with E-state index in [1.165, 1.54) is 17.6 Å². The second-order valence-electron chi connectivity index (χ2n) is 6.00. The molecule has 0 unspecified atom stereocenters. The van der Waals surface area contributed by atoms with Gasteiger partial charge in [0.1, 0.15) is 5.69 Å². The van der Waals surface area contributed by atoms with Crippen molar-refractivity contribution in [3.63, 3.8) is 0 Å². The Labute approximate surface area is 159 Å². The fourth-order valence-corrected chi connectivity index (χ4v) is 3.69. The number of hydrogen-bond acceptors (Lipinski definition) is 5. The highest BCUT2D eigenvalue weighted by atomic mass is 32.1. The number of benzene rings is 1. The first-order valence-corrected chi connectivity index (χ1v) is 8.75. The van der Waals surface area contributed by atoms with Crippen LogP contribution in [0.4, 0.5) is 13.2 Å². The van der Waals surface area contributed by atoms with Crippen molar-refractivity contribution in [3.05, 3.63) is 75.3 Å². The lowest BCUT2D eigenvalue weighted by atomic mass is 10.1. The molecule has 28 heavy (non-hydrogen) atoms. The number of nitrogens with zero attached hydrogens (tertiary/aromatic N) is 4. The quantitative estimate of drug-likeness (QED) is 0.514. The summed E-state index contributed by atoms with van der Waals surface area (Å²) in [6.07, 6.45) is -1.56. The van der Waals surface area contributed by atoms with Crippen LogP contribution in [-0.2, 0) is 13.2 Å². The van der Waals surface area contributed by atoms with Crippen LogP contribution in [0.5, 0.6) is 0 Å². The maximum Gasteiger partial charge on any atom is 0.431 e. The van der Waals surface area contributed by atoms with Gasteiger partial charge in [-0.15, -0.1) is 0 Å². The Hall–Kier alpha value is -3.27. The number of fused-ring (bicyclic) bond motifs is 1. The molecule has 0 radical (unpaired) electrons. The molecule has 4 rings (SSSR count). The van der Waals surface area contributed by atoms with E-state index < -0.39 is 23.1 Å². The minimum absolute atomic E-state index is 0.164. The summed E-state index contributed by atoms with van der Waals surface area (Å²) < 4.78 is 45.4. The average Bonchev–Trinajstić information content (AvgIpc) is 3.08. The van der Waals surface area contributed by atoms with Crippen LogP contribution in [0.3, 0.4) is 0 Å². The van der Waals surface area contributed by atoms with E-state index >= 15 is 0 Å². The lowest BCUT2D eigenvalue weighted by molar-refractivity contribution is -0.144. The minimum atomic E-state index is -4.80. The van der Waals surface area contributed by atoms with Gasteiger partial charge in [-0.1, -0.05) is 0 Å². The van der Waals surface area contributed by atoms with Crippen molar-refractivity contribution >= 4 is 21.6 Å². The highest BCUT2D eigenvalue weighted by molar-refractivity contribution is 7.13. The summed E-state index contributed by atoms with van der Waals surface area (Å²) in [6.45, 7) is 0. The van der Waals surface area contributed by atoms with E-state index in [0.717, 1.165) is 17.3 Å². The third kappa shape index (κ3) is 2.91. The Bertz CT molecular complexity index is 1310. The Morgan fingerprint density at radius 3 is 2.57 bits per heavy atom. The molecule has 0 aliphatic rings. The molecule has 0 saturated heterocycles. The van der Waals surface area contributed by atoms with Crippen LogP contribution < -0.4 is 11.2 Å². The van der Waals surface area contributed by atoms with Gasteiger partial charge in [-0.05, 0) is 41.9 Å². The molecule has 4 aromatic rings. The lowest BCUT2D eigenvalue weighted by Gasteiger charge is -2.14. The largest absolute Gasteiger partial charge is 0.431 e. The van der Waals surface area contributed by atoms with Crippen LogP contribution in [0.25, 0.3) is 27.0 Å². The fraction of sp³-hybridized carbons (Fsp3) is 0.111. The van der Waals surface area contributed by atoms with Crippen molar-refractivity contribution in [3.8, 4) is 16.9 Å². The molecule has 6 nitrogen and oxygen atoms in total. The van der Waals surface area contributed by atoms with Gasteiger partial charge in [0.05, 0.1) is 16.1 Å². The Morgan fingerprint density at radius 2 is 1.89 bits per heavy atom. The summed E-state index contributed by atoms with van der Waals surface area (Å²) >= 11 is 1.23. The number of rotatable bonds is 2. The van der Waals surface area contributed by atoms with E-state index in [-0.39, 0.29) is 5.69 Å². The average molecular weight is 404 g/mol. The number of halogens is 3. The Balaban J connectivity index is 1.95. The first kappa shape index (κ1) is 18.1. The summed E-state index contributed by atoms with van der Waals surface area (Å²) in [7, 11) is 0.979. The molecule has 0 saturated carbocycles. The van der Waals surface area contributed by atoms with E-state index in [1.54, 1.807) is 30.6 Å². The highest BCUT2D eigenvalue weighted by Crippen LogP contribution is 2.32. The highest BCUT2D eigenvalue weighted by Gasteiger charge is 2.35. The molecular formula is C18H11F3N4O2S. The minimum Gasteiger partial charge on any atom is -0.292 e. The van der Waals surface area contributed by atoms with Gasteiger partial charge in [-0.25, -0.2) is 9.36 Å². The topological polar surface area (TPSA) is 69.8 Å². The third-order valence-corrected chi connectivity index (χ3v) is 5.08. The van der Waals surface area contributed by atoms with Crippen molar-refractivity contribution in [1.29, 1.82) is 0 Å². The molecule has 10 heteroatoms. The van der Waals surface area contributed by atoms with E-state index in [2.05, 4.69) is 9.36 Å². The standard InChI is InChI=1S/C18H11F3N4O2S/c1-24-14(18(19,20)21)8-15(26)25(17(24)27)11-4-5-13-12(7-11)16(23-28-13)10-3-2-6-22-9-10/h2-9H,1H3. The molecule has 142 valence electrons. The van der Waals surface area contributed by atoms with E-state index in [0.29, 0.717) is 26.3 Å². The van der Waals surface area contributed by atoms with Gasteiger partial charge in [-0.2, -0.15) is 17.5 Å². The fourth-order valence-electron chi connectivity index (χ4n) is 2.91. The van der Waals surface area contributed by atoms with Gasteiger partial charge in [0.25, 0.3) is 5.56 Å². The second-order valence-corrected chi connectivity index (χ2v) is 6.80. The molecule has 0 N–H and O–H groups in total. The van der Waals surface area contributed by atoms with Gasteiger partial charge in [-0.3, -0.25) is 14.3 Å². The van der Waals surface area contributed by atoms with Crippen molar-refractivity contribution in [1.82, 2.24) is 18.5 Å². The zero-order valence-electron chi connectivity index (χ0n) is 14.3. The normalized spacial score (nSPS) is 11.9. The van der Waals surface area contributed by atoms with E-state index in [1.807, 2.05) is 6.07 Å². The van der Waals surface area contributed by atoms with Crippen LogP contribution >= 0.6 is 11.5 Å². The first-order chi connectivity index (χ1) is 13.3. The third-order valence-electron chi connectivity index (χ3n) is 4.26. The van der Waals surface area contributed by atoms with Crippen molar-refractivity contribution < 1.29 is 13.2 Å².